The summed E-state index contributed by atoms with van der Waals surface area (Å²) in [5.41, 5.74) is 16.8. The fraction of sp³-hybridized carbons (Fsp3) is 0. The fourth-order valence-corrected chi connectivity index (χ4v) is 10.3. The smallest absolute Gasteiger partial charge is 0.248 e. The van der Waals surface area contributed by atoms with Crippen molar-refractivity contribution < 1.29 is 4.42 Å². The highest BCUT2D eigenvalue weighted by Gasteiger charge is 2.27. The van der Waals surface area contributed by atoms with Crippen LogP contribution < -0.4 is 0 Å². The molecule has 5 nitrogen and oxygen atoms in total. The maximum absolute atomic E-state index is 6.52. The van der Waals surface area contributed by atoms with Crippen LogP contribution in [-0.2, 0) is 0 Å². The van der Waals surface area contributed by atoms with E-state index in [1.807, 2.05) is 18.2 Å². The molecule has 0 aliphatic carbocycles. The van der Waals surface area contributed by atoms with Crippen molar-refractivity contribution in [1.29, 1.82) is 0 Å². The van der Waals surface area contributed by atoms with E-state index in [2.05, 4.69) is 185 Å². The van der Waals surface area contributed by atoms with E-state index in [-0.39, 0.29) is 0 Å². The Bertz CT molecular complexity index is 4000. The second-order valence-corrected chi connectivity index (χ2v) is 16.1. The van der Waals surface area contributed by atoms with Gasteiger partial charge < -0.3 is 8.98 Å². The summed E-state index contributed by atoms with van der Waals surface area (Å²) in [5, 5.41) is 7.89. The third kappa shape index (κ3) is 4.44. The Labute approximate surface area is 349 Å². The highest BCUT2D eigenvalue weighted by molar-refractivity contribution is 6.22. The van der Waals surface area contributed by atoms with E-state index >= 15 is 0 Å². The first-order valence-corrected chi connectivity index (χ1v) is 20.8. The van der Waals surface area contributed by atoms with Gasteiger partial charge in [0.1, 0.15) is 16.8 Å². The van der Waals surface area contributed by atoms with Gasteiger partial charge in [-0.05, 0) is 69.4 Å². The number of hydrogen-bond acceptors (Lipinski definition) is 3. The van der Waals surface area contributed by atoms with Crippen LogP contribution >= 0.6 is 0 Å². The molecule has 0 bridgehead atoms. The Morgan fingerprint density at radius 2 is 0.951 bits per heavy atom. The van der Waals surface area contributed by atoms with Crippen LogP contribution in [0.5, 0.6) is 0 Å². The predicted octanol–water partition coefficient (Wildman–Crippen LogP) is 14.7. The number of hydrogen-bond donors (Lipinski definition) is 0. The quantitative estimate of drug-likeness (QED) is 0.180. The van der Waals surface area contributed by atoms with Gasteiger partial charge in [-0.2, -0.15) is 4.98 Å². The number of benzene rings is 9. The molecule has 0 saturated heterocycles. The first-order chi connectivity index (χ1) is 30.3. The summed E-state index contributed by atoms with van der Waals surface area (Å²) in [7, 11) is 0. The summed E-state index contributed by atoms with van der Waals surface area (Å²) in [5.74, 6) is 0.722. The summed E-state index contributed by atoms with van der Waals surface area (Å²) in [6.45, 7) is 0. The monoisotopic (exact) mass is 776 g/mol. The van der Waals surface area contributed by atoms with Gasteiger partial charge in [-0.3, -0.25) is 4.57 Å². The van der Waals surface area contributed by atoms with Gasteiger partial charge in [0.2, 0.25) is 5.71 Å². The molecule has 0 spiro atoms. The first kappa shape index (κ1) is 32.7. The van der Waals surface area contributed by atoms with E-state index < -0.39 is 0 Å². The SMILES string of the molecule is c1ccc(-c2ccc(-c3nc4c(nc3-n3c5ccccc5c5cc6c(cc53)c3cccc5c3n6-c3ccccc3-c3ccccc3-5)oc3ccccc34)c3ccccc23)cc1. The summed E-state index contributed by atoms with van der Waals surface area (Å²) < 4.78 is 11.3. The fourth-order valence-electron chi connectivity index (χ4n) is 10.3. The van der Waals surface area contributed by atoms with Gasteiger partial charge in [0.05, 0.1) is 27.8 Å². The Balaban J connectivity index is 1.13. The standard InChI is InChI=1S/C56H32N4O/c1-2-15-33(16-3-1)34-29-30-41(37-19-6-4-17-35(34)37)52-55(58-56-53(57-52)44-23-10-13-28-51(44)61-56)60-48-27-12-9-22-40(48)45-31-49-46(32-50(45)60)43-25-14-24-42-38-20-7-5-18-36(38)39-21-8-11-26-47(39)59(49)54(42)43/h1-32H. The van der Waals surface area contributed by atoms with Crippen molar-refractivity contribution in [3.63, 3.8) is 0 Å². The first-order valence-electron chi connectivity index (χ1n) is 20.8. The van der Waals surface area contributed by atoms with Crippen LogP contribution in [0.25, 0.3) is 133 Å². The van der Waals surface area contributed by atoms with E-state index in [1.165, 1.54) is 60.9 Å². The average molecular weight is 777 g/mol. The van der Waals surface area contributed by atoms with E-state index in [9.17, 15) is 0 Å². The van der Waals surface area contributed by atoms with E-state index in [1.54, 1.807) is 0 Å². The molecular weight excluding hydrogens is 745 g/mol. The molecule has 0 saturated carbocycles. The van der Waals surface area contributed by atoms with Gasteiger partial charge in [0.25, 0.3) is 0 Å². The number of para-hydroxylation sites is 4. The van der Waals surface area contributed by atoms with Crippen molar-refractivity contribution >= 4 is 76.6 Å². The van der Waals surface area contributed by atoms with Crippen LogP contribution in [0.1, 0.15) is 0 Å². The van der Waals surface area contributed by atoms with E-state index in [0.29, 0.717) is 5.71 Å². The van der Waals surface area contributed by atoms with Crippen molar-refractivity contribution in [2.75, 3.05) is 0 Å². The minimum Gasteiger partial charge on any atom is -0.436 e. The Morgan fingerprint density at radius 3 is 1.79 bits per heavy atom. The van der Waals surface area contributed by atoms with Gasteiger partial charge >= 0.3 is 0 Å². The van der Waals surface area contributed by atoms with Crippen molar-refractivity contribution in [3.05, 3.63) is 194 Å². The molecule has 1 aliphatic heterocycles. The molecule has 0 radical (unpaired) electrons. The minimum atomic E-state index is 0.510. The Kier molecular flexibility index (Phi) is 6.49. The van der Waals surface area contributed by atoms with Crippen LogP contribution in [0.15, 0.2) is 199 Å². The molecule has 9 aromatic carbocycles. The second-order valence-electron chi connectivity index (χ2n) is 16.1. The van der Waals surface area contributed by atoms with Gasteiger partial charge in [-0.25, -0.2) is 4.98 Å². The highest BCUT2D eigenvalue weighted by Crippen LogP contribution is 2.49. The van der Waals surface area contributed by atoms with Crippen LogP contribution in [0.3, 0.4) is 0 Å². The molecule has 0 atom stereocenters. The van der Waals surface area contributed by atoms with Crippen molar-refractivity contribution in [3.8, 4) is 56.1 Å². The van der Waals surface area contributed by atoms with Crippen molar-refractivity contribution in [2.24, 2.45) is 0 Å². The molecule has 0 N–H and O–H groups in total. The second kappa shape index (κ2) is 12.1. The number of rotatable bonds is 3. The van der Waals surface area contributed by atoms with Gasteiger partial charge in [-0.1, -0.05) is 158 Å². The van der Waals surface area contributed by atoms with E-state index in [0.717, 1.165) is 66.1 Å². The zero-order chi connectivity index (χ0) is 39.8. The highest BCUT2D eigenvalue weighted by atomic mass is 16.3. The molecule has 0 amide bonds. The maximum Gasteiger partial charge on any atom is 0.248 e. The molecule has 13 aromatic rings. The summed E-state index contributed by atoms with van der Waals surface area (Å²) in [4.78, 5) is 11.1. The number of fused-ring (bicyclic) bond motifs is 15. The number of nitrogens with zero attached hydrogens (tertiary/aromatic N) is 4. The predicted molar refractivity (Wildman–Crippen MR) is 251 cm³/mol. The number of aromatic nitrogens is 4. The minimum absolute atomic E-state index is 0.510. The Morgan fingerprint density at radius 1 is 0.361 bits per heavy atom. The van der Waals surface area contributed by atoms with Crippen molar-refractivity contribution in [2.45, 2.75) is 0 Å². The lowest BCUT2D eigenvalue weighted by atomic mass is 9.93. The maximum atomic E-state index is 6.52. The van der Waals surface area contributed by atoms with Crippen LogP contribution in [0, 0.1) is 0 Å². The lowest BCUT2D eigenvalue weighted by Crippen LogP contribution is -2.03. The third-order valence-electron chi connectivity index (χ3n) is 12.9. The molecule has 1 aliphatic rings. The normalized spacial score (nSPS) is 12.3. The third-order valence-corrected chi connectivity index (χ3v) is 12.9. The lowest BCUT2D eigenvalue weighted by Gasteiger charge is -2.16. The zero-order valence-corrected chi connectivity index (χ0v) is 32.7. The van der Waals surface area contributed by atoms with Gasteiger partial charge in [-0.15, -0.1) is 0 Å². The largest absolute Gasteiger partial charge is 0.436 e. The van der Waals surface area contributed by atoms with Crippen LogP contribution in [-0.4, -0.2) is 19.1 Å². The molecule has 4 aromatic heterocycles. The Hall–Kier alpha value is -8.28. The van der Waals surface area contributed by atoms with E-state index in [4.69, 9.17) is 14.4 Å². The molecular formula is C56H32N4O. The molecule has 14 rings (SSSR count). The molecule has 61 heavy (non-hydrogen) atoms. The number of furan rings is 1. The molecule has 5 heterocycles. The molecule has 282 valence electrons. The molecule has 5 heteroatoms. The molecule has 0 unspecified atom stereocenters. The average Bonchev–Trinajstić information content (AvgIpc) is 3.94. The van der Waals surface area contributed by atoms with Crippen LogP contribution in [0.2, 0.25) is 0 Å². The van der Waals surface area contributed by atoms with Gasteiger partial charge in [0, 0.05) is 43.6 Å². The lowest BCUT2D eigenvalue weighted by molar-refractivity contribution is 0.652. The molecule has 0 fully saturated rings. The summed E-state index contributed by atoms with van der Waals surface area (Å²) in [6.07, 6.45) is 0. The van der Waals surface area contributed by atoms with Crippen LogP contribution in [0.4, 0.5) is 0 Å². The topological polar surface area (TPSA) is 48.8 Å². The summed E-state index contributed by atoms with van der Waals surface area (Å²) >= 11 is 0. The summed E-state index contributed by atoms with van der Waals surface area (Å²) in [6, 6.07) is 69.7. The van der Waals surface area contributed by atoms with Gasteiger partial charge in [0.15, 0.2) is 5.82 Å². The zero-order valence-electron chi connectivity index (χ0n) is 32.7. The van der Waals surface area contributed by atoms with Crippen molar-refractivity contribution in [1.82, 2.24) is 19.1 Å².